The molecular formula is C22H20NO6S3+. The van der Waals surface area contributed by atoms with Gasteiger partial charge in [-0.3, -0.25) is 4.55 Å². The molecular weight excluding hydrogens is 470 g/mol. The average Bonchev–Trinajstić information content (AvgIpc) is 3.35. The summed E-state index contributed by atoms with van der Waals surface area (Å²) in [4.78, 5) is 11.1. The van der Waals surface area contributed by atoms with Crippen molar-refractivity contribution >= 4 is 71.2 Å². The number of aromatic nitrogens is 1. The highest BCUT2D eigenvalue weighted by atomic mass is 32.2. The number of rotatable bonds is 8. The maximum Gasteiger partial charge on any atom is 0.335 e. The standard InChI is InChI=1S/C22H19NO6S3/c1-29-17-13-18-20(21-16(17)9-11-30-21)23(10-2-12-32(26,27)28)19(31-18)8-5-14-3-6-15(7-4-14)22(24)25/h3-9,11,13H,2,10,12H2,1H3,(H-,24,25,26,27,28)/p+1/b8-5-. The lowest BCUT2D eigenvalue weighted by Gasteiger charge is -2.02. The highest BCUT2D eigenvalue weighted by Crippen LogP contribution is 2.38. The van der Waals surface area contributed by atoms with Crippen molar-refractivity contribution in [1.82, 2.24) is 0 Å². The van der Waals surface area contributed by atoms with Gasteiger partial charge in [0.05, 0.1) is 18.4 Å². The highest BCUT2D eigenvalue weighted by molar-refractivity contribution is 7.85. The molecule has 166 valence electrons. The van der Waals surface area contributed by atoms with Gasteiger partial charge in [0.25, 0.3) is 15.1 Å². The molecule has 0 aliphatic heterocycles. The number of hydrogen-bond acceptors (Lipinski definition) is 6. The van der Waals surface area contributed by atoms with Gasteiger partial charge in [-0.2, -0.15) is 13.0 Å². The van der Waals surface area contributed by atoms with Crippen molar-refractivity contribution in [2.45, 2.75) is 13.0 Å². The second-order valence-electron chi connectivity index (χ2n) is 7.08. The number of thiazole rings is 1. The van der Waals surface area contributed by atoms with Crippen LogP contribution < -0.4 is 9.30 Å². The molecule has 0 radical (unpaired) electrons. The molecule has 0 fully saturated rings. The fourth-order valence-corrected chi connectivity index (χ4v) is 6.15. The molecule has 0 amide bonds. The number of thiophene rings is 1. The molecule has 2 aromatic heterocycles. The van der Waals surface area contributed by atoms with Crippen LogP contribution in [0.15, 0.2) is 41.8 Å². The van der Waals surface area contributed by atoms with E-state index in [1.807, 2.05) is 29.7 Å². The van der Waals surface area contributed by atoms with E-state index in [0.29, 0.717) is 6.54 Å². The molecule has 0 bridgehead atoms. The quantitative estimate of drug-likeness (QED) is 0.277. The van der Waals surface area contributed by atoms with E-state index in [2.05, 4.69) is 4.57 Å². The van der Waals surface area contributed by atoms with Crippen LogP contribution in [0, 0.1) is 0 Å². The van der Waals surface area contributed by atoms with E-state index in [0.717, 1.165) is 36.6 Å². The third kappa shape index (κ3) is 4.68. The van der Waals surface area contributed by atoms with Gasteiger partial charge < -0.3 is 9.84 Å². The van der Waals surface area contributed by atoms with Gasteiger partial charge in [0, 0.05) is 23.9 Å². The number of fused-ring (bicyclic) bond motifs is 3. The summed E-state index contributed by atoms with van der Waals surface area (Å²) in [6.07, 6.45) is 4.08. The van der Waals surface area contributed by atoms with Crippen molar-refractivity contribution in [3.8, 4) is 5.75 Å². The molecule has 0 atom stereocenters. The number of aryl methyl sites for hydroxylation is 1. The topological polar surface area (TPSA) is 105 Å². The molecule has 4 rings (SSSR count). The number of aromatic carboxylic acids is 1. The molecule has 2 heterocycles. The summed E-state index contributed by atoms with van der Waals surface area (Å²) in [5.41, 5.74) is 2.06. The average molecular weight is 491 g/mol. The first-order valence-corrected chi connectivity index (χ1v) is 12.9. The maximum atomic E-state index is 11.2. The minimum atomic E-state index is -4.05. The van der Waals surface area contributed by atoms with Gasteiger partial charge in [-0.25, -0.2) is 4.79 Å². The molecule has 10 heteroatoms. The van der Waals surface area contributed by atoms with E-state index < -0.39 is 16.1 Å². The molecule has 0 saturated heterocycles. The van der Waals surface area contributed by atoms with E-state index in [9.17, 15) is 13.2 Å². The van der Waals surface area contributed by atoms with E-state index >= 15 is 0 Å². The number of nitrogens with zero attached hydrogens (tertiary/aromatic N) is 1. The highest BCUT2D eigenvalue weighted by Gasteiger charge is 2.24. The normalized spacial score (nSPS) is 12.2. The van der Waals surface area contributed by atoms with E-state index in [-0.39, 0.29) is 17.7 Å². The summed E-state index contributed by atoms with van der Waals surface area (Å²) in [7, 11) is -2.41. The predicted molar refractivity (Wildman–Crippen MR) is 127 cm³/mol. The van der Waals surface area contributed by atoms with E-state index in [1.54, 1.807) is 54.0 Å². The molecule has 2 aromatic carbocycles. The Bertz CT molecular complexity index is 1430. The fourth-order valence-electron chi connectivity index (χ4n) is 3.50. The van der Waals surface area contributed by atoms with E-state index in [1.165, 1.54) is 0 Å². The summed E-state index contributed by atoms with van der Waals surface area (Å²) in [5.74, 6) is -0.517. The zero-order valence-electron chi connectivity index (χ0n) is 17.0. The van der Waals surface area contributed by atoms with Gasteiger partial charge in [0.2, 0.25) is 5.52 Å². The Hall–Kier alpha value is -2.79. The Balaban J connectivity index is 1.79. The van der Waals surface area contributed by atoms with Crippen LogP contribution in [-0.4, -0.2) is 36.9 Å². The number of hydrogen-bond donors (Lipinski definition) is 2. The maximum absolute atomic E-state index is 11.2. The second kappa shape index (κ2) is 8.99. The molecule has 0 saturated carbocycles. The number of carbonyl (C=O) groups is 1. The molecule has 0 unspecified atom stereocenters. The molecule has 32 heavy (non-hydrogen) atoms. The lowest BCUT2D eigenvalue weighted by atomic mass is 10.1. The third-order valence-corrected chi connectivity index (χ3v) is 7.79. The molecule has 7 nitrogen and oxygen atoms in total. The van der Waals surface area contributed by atoms with Crippen LogP contribution in [-0.2, 0) is 16.7 Å². The third-order valence-electron chi connectivity index (χ3n) is 4.97. The smallest absolute Gasteiger partial charge is 0.335 e. The van der Waals surface area contributed by atoms with Crippen molar-refractivity contribution in [2.75, 3.05) is 12.9 Å². The summed E-state index contributed by atoms with van der Waals surface area (Å²) in [5, 5.41) is 12.9. The van der Waals surface area contributed by atoms with Crippen LogP contribution in [0.2, 0.25) is 0 Å². The van der Waals surface area contributed by atoms with Crippen molar-refractivity contribution in [2.24, 2.45) is 0 Å². The van der Waals surface area contributed by atoms with Crippen molar-refractivity contribution in [1.29, 1.82) is 0 Å². The molecule has 2 N–H and O–H groups in total. The van der Waals surface area contributed by atoms with Gasteiger partial charge in [-0.15, -0.1) is 11.3 Å². The van der Waals surface area contributed by atoms with Crippen LogP contribution in [0.25, 0.3) is 32.5 Å². The molecule has 0 aliphatic rings. The Kier molecular flexibility index (Phi) is 6.29. The Morgan fingerprint density at radius 2 is 1.94 bits per heavy atom. The second-order valence-corrected chi connectivity index (χ2v) is 10.6. The number of carboxylic acid groups (broad SMARTS) is 1. The van der Waals surface area contributed by atoms with Gasteiger partial charge in [0.15, 0.2) is 6.54 Å². The SMILES string of the molecule is COc1cc2sc(/C=C\c3ccc(C(=O)O)cc3)[n+](CCCS(=O)(=O)O)c2c2sccc12. The van der Waals surface area contributed by atoms with Crippen molar-refractivity contribution < 1.29 is 32.2 Å². The zero-order chi connectivity index (χ0) is 22.9. The summed E-state index contributed by atoms with van der Waals surface area (Å²) in [6, 6.07) is 10.5. The van der Waals surface area contributed by atoms with Crippen LogP contribution in [0.1, 0.15) is 27.3 Å². The largest absolute Gasteiger partial charge is 0.496 e. The predicted octanol–water partition coefficient (Wildman–Crippen LogP) is 4.56. The van der Waals surface area contributed by atoms with Crippen LogP contribution >= 0.6 is 22.7 Å². The summed E-state index contributed by atoms with van der Waals surface area (Å²) >= 11 is 3.14. The van der Waals surface area contributed by atoms with Gasteiger partial charge >= 0.3 is 5.97 Å². The first-order chi connectivity index (χ1) is 15.3. The monoisotopic (exact) mass is 490 g/mol. The van der Waals surface area contributed by atoms with Crippen LogP contribution in [0.4, 0.5) is 0 Å². The molecule has 0 spiro atoms. The van der Waals surface area contributed by atoms with Crippen molar-refractivity contribution in [3.63, 3.8) is 0 Å². The molecule has 4 aromatic rings. The summed E-state index contributed by atoms with van der Waals surface area (Å²) in [6.45, 7) is 0.413. The van der Waals surface area contributed by atoms with E-state index in [4.69, 9.17) is 14.4 Å². The number of ether oxygens (including phenoxy) is 1. The number of carboxylic acids is 1. The Morgan fingerprint density at radius 1 is 1.19 bits per heavy atom. The van der Waals surface area contributed by atoms with Crippen LogP contribution in [0.3, 0.4) is 0 Å². The molecule has 0 aliphatic carbocycles. The number of benzene rings is 2. The number of methoxy groups -OCH3 is 1. The van der Waals surface area contributed by atoms with Gasteiger partial charge in [-0.05, 0) is 35.2 Å². The van der Waals surface area contributed by atoms with Crippen molar-refractivity contribution in [3.05, 3.63) is 57.9 Å². The Morgan fingerprint density at radius 3 is 2.59 bits per heavy atom. The van der Waals surface area contributed by atoms with Gasteiger partial charge in [0.1, 0.15) is 15.1 Å². The van der Waals surface area contributed by atoms with Crippen LogP contribution in [0.5, 0.6) is 5.75 Å². The zero-order valence-corrected chi connectivity index (χ0v) is 19.5. The Labute approximate surface area is 192 Å². The summed E-state index contributed by atoms with van der Waals surface area (Å²) < 4.78 is 41.3. The minimum absolute atomic E-state index is 0.219. The first-order valence-electron chi connectivity index (χ1n) is 9.64. The first kappa shape index (κ1) is 22.4. The lowest BCUT2D eigenvalue weighted by molar-refractivity contribution is -0.667. The minimum Gasteiger partial charge on any atom is -0.496 e. The fraction of sp³-hybridized carbons (Fsp3) is 0.182. The lowest BCUT2D eigenvalue weighted by Crippen LogP contribution is -2.36. The van der Waals surface area contributed by atoms with Gasteiger partial charge in [-0.1, -0.05) is 23.5 Å².